The van der Waals surface area contributed by atoms with E-state index in [0.717, 1.165) is 67.0 Å². The van der Waals surface area contributed by atoms with Crippen LogP contribution in [0.4, 0.5) is 5.82 Å². The topological polar surface area (TPSA) is 50.2 Å². The molecule has 1 saturated heterocycles. The highest BCUT2D eigenvalue weighted by Gasteiger charge is 2.24. The number of aromatic nitrogens is 2. The molecule has 0 spiro atoms. The summed E-state index contributed by atoms with van der Waals surface area (Å²) in [5.74, 6) is 0.952. The van der Waals surface area contributed by atoms with Gasteiger partial charge in [0.2, 0.25) is 0 Å². The number of anilines is 1. The molecule has 1 aliphatic rings. The first-order valence-corrected chi connectivity index (χ1v) is 8.36. The third-order valence-electron chi connectivity index (χ3n) is 4.51. The average Bonchev–Trinajstić information content (AvgIpc) is 2.77. The van der Waals surface area contributed by atoms with Crippen LogP contribution in [-0.2, 0) is 0 Å². The smallest absolute Gasteiger partial charge is 0.154 e. The summed E-state index contributed by atoms with van der Waals surface area (Å²) in [5.41, 5.74) is 2.59. The molecule has 5 nitrogen and oxygen atoms in total. The number of rotatable bonds is 3. The molecule has 0 aliphatic carbocycles. The Morgan fingerprint density at radius 3 is 2.75 bits per heavy atom. The lowest BCUT2D eigenvalue weighted by Crippen LogP contribution is -2.30. The molecule has 1 aliphatic heterocycles. The van der Waals surface area contributed by atoms with Crippen molar-refractivity contribution in [1.82, 2.24) is 14.9 Å². The van der Waals surface area contributed by atoms with Gasteiger partial charge in [-0.25, -0.2) is 4.98 Å². The maximum absolute atomic E-state index is 11.9. The number of benzene rings is 1. The summed E-state index contributed by atoms with van der Waals surface area (Å²) >= 11 is 0. The fourth-order valence-corrected chi connectivity index (χ4v) is 3.43. The van der Waals surface area contributed by atoms with E-state index in [1.807, 2.05) is 30.3 Å². The Morgan fingerprint density at radius 1 is 1.04 bits per heavy atom. The predicted octanol–water partition coefficient (Wildman–Crippen LogP) is 2.64. The van der Waals surface area contributed by atoms with E-state index in [0.29, 0.717) is 0 Å². The third-order valence-corrected chi connectivity index (χ3v) is 4.51. The molecule has 5 heteroatoms. The Morgan fingerprint density at radius 2 is 1.92 bits per heavy atom. The van der Waals surface area contributed by atoms with Gasteiger partial charge < -0.3 is 10.2 Å². The highest BCUT2D eigenvalue weighted by molar-refractivity contribution is 6.03. The minimum absolute atomic E-state index is 0.726. The van der Waals surface area contributed by atoms with Crippen LogP contribution in [0.2, 0.25) is 0 Å². The molecule has 122 valence electrons. The summed E-state index contributed by atoms with van der Waals surface area (Å²) in [4.78, 5) is 18.8. The van der Waals surface area contributed by atoms with Crippen LogP contribution in [0.25, 0.3) is 16.7 Å². The minimum Gasteiger partial charge on any atom is -0.356 e. The van der Waals surface area contributed by atoms with Gasteiger partial charge in [-0.1, -0.05) is 18.2 Å². The summed E-state index contributed by atoms with van der Waals surface area (Å²) in [6, 6.07) is 14.0. The molecular formula is C19H20N4O. The SMILES string of the molecule is O=Cc1c(N2CCCNCC2)n(-c2ccccc2)c2ncccc12. The van der Waals surface area contributed by atoms with Crippen molar-refractivity contribution >= 4 is 23.1 Å². The van der Waals surface area contributed by atoms with Gasteiger partial charge in [-0.05, 0) is 37.2 Å². The van der Waals surface area contributed by atoms with Gasteiger partial charge >= 0.3 is 0 Å². The van der Waals surface area contributed by atoms with Crippen molar-refractivity contribution < 1.29 is 4.79 Å². The van der Waals surface area contributed by atoms with Gasteiger partial charge in [0.05, 0.1) is 5.56 Å². The first-order valence-electron chi connectivity index (χ1n) is 8.36. The molecule has 0 radical (unpaired) electrons. The van der Waals surface area contributed by atoms with Gasteiger partial charge in [0.1, 0.15) is 11.5 Å². The van der Waals surface area contributed by atoms with Gasteiger partial charge in [-0.3, -0.25) is 9.36 Å². The Hall–Kier alpha value is -2.66. The quantitative estimate of drug-likeness (QED) is 0.754. The second-order valence-corrected chi connectivity index (χ2v) is 5.99. The summed E-state index contributed by atoms with van der Waals surface area (Å²) in [6.45, 7) is 3.74. The van der Waals surface area contributed by atoms with Gasteiger partial charge in [-0.15, -0.1) is 0 Å². The molecule has 4 rings (SSSR count). The molecule has 0 unspecified atom stereocenters. The average molecular weight is 320 g/mol. The molecule has 2 aromatic heterocycles. The second-order valence-electron chi connectivity index (χ2n) is 5.99. The number of nitrogens with zero attached hydrogens (tertiary/aromatic N) is 3. The number of fused-ring (bicyclic) bond motifs is 1. The fraction of sp³-hybridized carbons (Fsp3) is 0.263. The number of pyridine rings is 1. The monoisotopic (exact) mass is 320 g/mol. The molecular weight excluding hydrogens is 300 g/mol. The first-order chi connectivity index (χ1) is 11.9. The maximum Gasteiger partial charge on any atom is 0.154 e. The molecule has 0 atom stereocenters. The van der Waals surface area contributed by atoms with Crippen molar-refractivity contribution in [3.63, 3.8) is 0 Å². The van der Waals surface area contributed by atoms with Crippen molar-refractivity contribution in [2.24, 2.45) is 0 Å². The number of carbonyl (C=O) groups is 1. The number of para-hydroxylation sites is 1. The molecule has 0 amide bonds. The number of hydrogen-bond acceptors (Lipinski definition) is 4. The van der Waals surface area contributed by atoms with Crippen LogP contribution in [0, 0.1) is 0 Å². The lowest BCUT2D eigenvalue weighted by molar-refractivity contribution is 0.112. The van der Waals surface area contributed by atoms with Crippen LogP contribution in [0.5, 0.6) is 0 Å². The van der Waals surface area contributed by atoms with Crippen LogP contribution >= 0.6 is 0 Å². The second kappa shape index (κ2) is 6.45. The summed E-state index contributed by atoms with van der Waals surface area (Å²) in [5, 5.41) is 4.33. The third kappa shape index (κ3) is 2.47. The largest absolute Gasteiger partial charge is 0.356 e. The summed E-state index contributed by atoms with van der Waals surface area (Å²) in [7, 11) is 0. The van der Waals surface area contributed by atoms with Crippen LogP contribution < -0.4 is 10.2 Å². The zero-order valence-electron chi connectivity index (χ0n) is 13.5. The van der Waals surface area contributed by atoms with E-state index >= 15 is 0 Å². The zero-order valence-corrected chi connectivity index (χ0v) is 13.5. The predicted molar refractivity (Wildman–Crippen MR) is 96.2 cm³/mol. The number of nitrogens with one attached hydrogen (secondary N) is 1. The van der Waals surface area contributed by atoms with E-state index in [1.54, 1.807) is 6.20 Å². The molecule has 0 saturated carbocycles. The molecule has 1 N–H and O–H groups in total. The number of hydrogen-bond donors (Lipinski definition) is 1. The molecule has 0 bridgehead atoms. The number of carbonyl (C=O) groups excluding carboxylic acids is 1. The molecule has 1 fully saturated rings. The van der Waals surface area contributed by atoms with Gasteiger partial charge in [0, 0.05) is 36.9 Å². The van der Waals surface area contributed by atoms with Crippen LogP contribution in [0.3, 0.4) is 0 Å². The molecule has 3 heterocycles. The van der Waals surface area contributed by atoms with Gasteiger partial charge in [-0.2, -0.15) is 0 Å². The normalized spacial score (nSPS) is 15.4. The molecule has 1 aromatic carbocycles. The van der Waals surface area contributed by atoms with E-state index in [2.05, 4.69) is 31.9 Å². The Kier molecular flexibility index (Phi) is 4.01. The van der Waals surface area contributed by atoms with Crippen molar-refractivity contribution in [2.75, 3.05) is 31.1 Å². The number of aldehydes is 1. The van der Waals surface area contributed by atoms with Crippen molar-refractivity contribution in [3.05, 3.63) is 54.2 Å². The Balaban J connectivity index is 2.00. The molecule has 3 aromatic rings. The zero-order chi connectivity index (χ0) is 16.4. The van der Waals surface area contributed by atoms with Crippen LogP contribution in [0.1, 0.15) is 16.8 Å². The highest BCUT2D eigenvalue weighted by Crippen LogP contribution is 2.34. The van der Waals surface area contributed by atoms with E-state index in [4.69, 9.17) is 0 Å². The standard InChI is InChI=1S/C19H20N4O/c24-14-17-16-8-4-10-21-18(16)23(15-6-2-1-3-7-15)19(17)22-12-5-9-20-11-13-22/h1-4,6-8,10,14,20H,5,9,11-13H2. The van der Waals surface area contributed by atoms with Crippen LogP contribution in [0.15, 0.2) is 48.7 Å². The highest BCUT2D eigenvalue weighted by atomic mass is 16.1. The lowest BCUT2D eigenvalue weighted by Gasteiger charge is -2.25. The van der Waals surface area contributed by atoms with Crippen molar-refractivity contribution in [1.29, 1.82) is 0 Å². The fourth-order valence-electron chi connectivity index (χ4n) is 3.43. The minimum atomic E-state index is 0.726. The van der Waals surface area contributed by atoms with E-state index < -0.39 is 0 Å². The molecule has 24 heavy (non-hydrogen) atoms. The summed E-state index contributed by atoms with van der Waals surface area (Å²) < 4.78 is 2.12. The maximum atomic E-state index is 11.9. The van der Waals surface area contributed by atoms with E-state index in [-0.39, 0.29) is 0 Å². The van der Waals surface area contributed by atoms with E-state index in [9.17, 15) is 4.79 Å². The Bertz CT molecular complexity index is 848. The van der Waals surface area contributed by atoms with Gasteiger partial charge in [0.25, 0.3) is 0 Å². The first kappa shape index (κ1) is 14.9. The lowest BCUT2D eigenvalue weighted by atomic mass is 10.2. The Labute approximate surface area is 140 Å². The summed E-state index contributed by atoms with van der Waals surface area (Å²) in [6.07, 6.45) is 3.81. The van der Waals surface area contributed by atoms with Crippen molar-refractivity contribution in [3.8, 4) is 5.69 Å². The van der Waals surface area contributed by atoms with Crippen molar-refractivity contribution in [2.45, 2.75) is 6.42 Å². The van der Waals surface area contributed by atoms with Gasteiger partial charge in [0.15, 0.2) is 6.29 Å². The van der Waals surface area contributed by atoms with E-state index in [1.165, 1.54) is 0 Å². The van der Waals surface area contributed by atoms with Crippen LogP contribution in [-0.4, -0.2) is 42.0 Å².